The van der Waals surface area contributed by atoms with Gasteiger partial charge in [-0.1, -0.05) is 13.3 Å². The van der Waals surface area contributed by atoms with Gasteiger partial charge in [-0.3, -0.25) is 0 Å². The quantitative estimate of drug-likeness (QED) is 0.661. The first-order valence-electron chi connectivity index (χ1n) is 4.57. The summed E-state index contributed by atoms with van der Waals surface area (Å²) in [6, 6.07) is 0. The molecule has 0 aromatic heterocycles. The van der Waals surface area contributed by atoms with Crippen LogP contribution in [0.3, 0.4) is 0 Å². The van der Waals surface area contributed by atoms with Crippen LogP contribution in [-0.4, -0.2) is 24.4 Å². The van der Waals surface area contributed by atoms with Crippen LogP contribution in [0.2, 0.25) is 0 Å². The van der Waals surface area contributed by atoms with E-state index in [0.717, 1.165) is 13.0 Å². The molecule has 2 nitrogen and oxygen atoms in total. The molecular formula is C9H18O2. The first-order chi connectivity index (χ1) is 5.34. The van der Waals surface area contributed by atoms with Crippen LogP contribution in [0.25, 0.3) is 0 Å². The molecule has 1 heterocycles. The minimum atomic E-state index is 0.259. The zero-order chi connectivity index (χ0) is 8.10. The predicted octanol–water partition coefficient (Wildman–Crippen LogP) is 1.57. The van der Waals surface area contributed by atoms with Gasteiger partial charge in [0.2, 0.25) is 0 Å². The van der Waals surface area contributed by atoms with Crippen LogP contribution in [-0.2, 0) is 4.74 Å². The molecule has 2 atom stereocenters. The summed E-state index contributed by atoms with van der Waals surface area (Å²) in [7, 11) is 0. The van der Waals surface area contributed by atoms with E-state index in [4.69, 9.17) is 9.84 Å². The summed E-state index contributed by atoms with van der Waals surface area (Å²) in [6.07, 6.45) is 4.84. The van der Waals surface area contributed by atoms with Crippen molar-refractivity contribution >= 4 is 0 Å². The lowest BCUT2D eigenvalue weighted by Gasteiger charge is -2.19. The molecule has 11 heavy (non-hydrogen) atoms. The second-order valence-corrected chi connectivity index (χ2v) is 3.39. The number of rotatable bonds is 2. The summed E-state index contributed by atoms with van der Waals surface area (Å²) in [4.78, 5) is 0. The molecule has 0 aromatic rings. The van der Waals surface area contributed by atoms with E-state index >= 15 is 0 Å². The van der Waals surface area contributed by atoms with Gasteiger partial charge in [0.25, 0.3) is 0 Å². The van der Waals surface area contributed by atoms with Crippen molar-refractivity contribution < 1.29 is 9.84 Å². The van der Waals surface area contributed by atoms with E-state index < -0.39 is 0 Å². The minimum Gasteiger partial charge on any atom is -0.396 e. The van der Waals surface area contributed by atoms with Crippen LogP contribution in [0.15, 0.2) is 0 Å². The highest BCUT2D eigenvalue weighted by Gasteiger charge is 2.19. The third-order valence-electron chi connectivity index (χ3n) is 2.43. The lowest BCUT2D eigenvalue weighted by molar-refractivity contribution is 0.0139. The van der Waals surface area contributed by atoms with E-state index in [2.05, 4.69) is 6.92 Å². The van der Waals surface area contributed by atoms with Crippen molar-refractivity contribution in [2.45, 2.75) is 38.7 Å². The molecule has 0 saturated carbocycles. The van der Waals surface area contributed by atoms with E-state index in [1.165, 1.54) is 19.3 Å². The largest absolute Gasteiger partial charge is 0.396 e. The van der Waals surface area contributed by atoms with Gasteiger partial charge < -0.3 is 9.84 Å². The fourth-order valence-corrected chi connectivity index (χ4v) is 1.65. The molecule has 2 heteroatoms. The van der Waals surface area contributed by atoms with Crippen molar-refractivity contribution in [2.24, 2.45) is 5.92 Å². The third-order valence-corrected chi connectivity index (χ3v) is 2.43. The van der Waals surface area contributed by atoms with Gasteiger partial charge in [-0.15, -0.1) is 0 Å². The highest BCUT2D eigenvalue weighted by Crippen LogP contribution is 2.21. The highest BCUT2D eigenvalue weighted by molar-refractivity contribution is 4.69. The van der Waals surface area contributed by atoms with Crippen molar-refractivity contribution in [2.75, 3.05) is 13.2 Å². The Bertz CT molecular complexity index is 104. The molecule has 0 aromatic carbocycles. The number of hydrogen-bond donors (Lipinski definition) is 1. The van der Waals surface area contributed by atoms with Crippen molar-refractivity contribution in [3.05, 3.63) is 0 Å². The van der Waals surface area contributed by atoms with Gasteiger partial charge in [0.1, 0.15) is 0 Å². The maximum Gasteiger partial charge on any atom is 0.0622 e. The topological polar surface area (TPSA) is 29.5 Å². The maximum atomic E-state index is 8.75. The predicted molar refractivity (Wildman–Crippen MR) is 44.5 cm³/mol. The molecule has 1 aliphatic heterocycles. The van der Waals surface area contributed by atoms with E-state index in [9.17, 15) is 0 Å². The monoisotopic (exact) mass is 158 g/mol. The van der Waals surface area contributed by atoms with Crippen LogP contribution >= 0.6 is 0 Å². The summed E-state index contributed by atoms with van der Waals surface area (Å²) in [6.45, 7) is 3.36. The molecule has 0 bridgehead atoms. The van der Waals surface area contributed by atoms with Crippen molar-refractivity contribution in [1.82, 2.24) is 0 Å². The Morgan fingerprint density at radius 1 is 1.45 bits per heavy atom. The van der Waals surface area contributed by atoms with Crippen molar-refractivity contribution in [3.8, 4) is 0 Å². The van der Waals surface area contributed by atoms with E-state index in [0.29, 0.717) is 12.0 Å². The molecule has 2 unspecified atom stereocenters. The second kappa shape index (κ2) is 4.73. The molecule has 1 saturated heterocycles. The van der Waals surface area contributed by atoms with Crippen molar-refractivity contribution in [3.63, 3.8) is 0 Å². The molecule has 66 valence electrons. The van der Waals surface area contributed by atoms with Gasteiger partial charge in [0, 0.05) is 13.2 Å². The smallest absolute Gasteiger partial charge is 0.0622 e. The summed E-state index contributed by atoms with van der Waals surface area (Å²) in [5.74, 6) is 0.629. The van der Waals surface area contributed by atoms with E-state index in [1.807, 2.05) is 0 Å². The van der Waals surface area contributed by atoms with Gasteiger partial charge >= 0.3 is 0 Å². The van der Waals surface area contributed by atoms with Crippen LogP contribution in [0.5, 0.6) is 0 Å². The Morgan fingerprint density at radius 2 is 2.27 bits per heavy atom. The normalized spacial score (nSPS) is 33.3. The lowest BCUT2D eigenvalue weighted by Crippen LogP contribution is -2.21. The average Bonchev–Trinajstić information content (AvgIpc) is 2.18. The SMILES string of the molecule is CC1CCCCOC1CCO. The molecule has 0 aliphatic carbocycles. The minimum absolute atomic E-state index is 0.259. The fraction of sp³-hybridized carbons (Fsp3) is 1.00. The summed E-state index contributed by atoms with van der Waals surface area (Å²) < 4.78 is 5.60. The number of ether oxygens (including phenoxy) is 1. The van der Waals surface area contributed by atoms with Crippen LogP contribution in [0.1, 0.15) is 32.6 Å². The molecule has 0 spiro atoms. The third kappa shape index (κ3) is 2.80. The standard InChI is InChI=1S/C9H18O2/c1-8-4-2-3-7-11-9(8)5-6-10/h8-10H,2-7H2,1H3. The van der Waals surface area contributed by atoms with Crippen molar-refractivity contribution in [1.29, 1.82) is 0 Å². The van der Waals surface area contributed by atoms with Gasteiger partial charge in [-0.25, -0.2) is 0 Å². The van der Waals surface area contributed by atoms with Crippen LogP contribution in [0, 0.1) is 5.92 Å². The maximum absolute atomic E-state index is 8.75. The number of hydrogen-bond acceptors (Lipinski definition) is 2. The van der Waals surface area contributed by atoms with Crippen LogP contribution in [0.4, 0.5) is 0 Å². The molecule has 1 rings (SSSR count). The second-order valence-electron chi connectivity index (χ2n) is 3.39. The number of aliphatic hydroxyl groups is 1. The first kappa shape index (κ1) is 9.01. The van der Waals surface area contributed by atoms with E-state index in [1.54, 1.807) is 0 Å². The molecule has 1 N–H and O–H groups in total. The highest BCUT2D eigenvalue weighted by atomic mass is 16.5. The Balaban J connectivity index is 2.32. The van der Waals surface area contributed by atoms with Gasteiger partial charge in [0.05, 0.1) is 6.10 Å². The molecule has 1 aliphatic rings. The Hall–Kier alpha value is -0.0800. The summed E-state index contributed by atoms with van der Waals surface area (Å²) in [5, 5.41) is 8.75. The Morgan fingerprint density at radius 3 is 3.00 bits per heavy atom. The lowest BCUT2D eigenvalue weighted by atomic mass is 9.97. The average molecular weight is 158 g/mol. The van der Waals surface area contributed by atoms with E-state index in [-0.39, 0.29) is 6.61 Å². The summed E-state index contributed by atoms with van der Waals surface area (Å²) in [5.41, 5.74) is 0. The Labute approximate surface area is 68.6 Å². The summed E-state index contributed by atoms with van der Waals surface area (Å²) >= 11 is 0. The Kier molecular flexibility index (Phi) is 3.87. The molecule has 0 amide bonds. The first-order valence-corrected chi connectivity index (χ1v) is 4.57. The molecule has 0 radical (unpaired) electrons. The zero-order valence-corrected chi connectivity index (χ0v) is 7.25. The van der Waals surface area contributed by atoms with Gasteiger partial charge in [-0.2, -0.15) is 0 Å². The fourth-order valence-electron chi connectivity index (χ4n) is 1.65. The van der Waals surface area contributed by atoms with Gasteiger partial charge in [-0.05, 0) is 25.2 Å². The molecule has 1 fully saturated rings. The number of aliphatic hydroxyl groups excluding tert-OH is 1. The molecular weight excluding hydrogens is 140 g/mol. The van der Waals surface area contributed by atoms with Gasteiger partial charge in [0.15, 0.2) is 0 Å². The van der Waals surface area contributed by atoms with Crippen LogP contribution < -0.4 is 0 Å². The zero-order valence-electron chi connectivity index (χ0n) is 7.25.